The predicted molar refractivity (Wildman–Crippen MR) is 121 cm³/mol. The van der Waals surface area contributed by atoms with E-state index in [2.05, 4.69) is 10.6 Å². The van der Waals surface area contributed by atoms with Gasteiger partial charge in [-0.3, -0.25) is 14.4 Å². The molecule has 2 aromatic carbocycles. The van der Waals surface area contributed by atoms with Gasteiger partial charge in [0.15, 0.2) is 6.61 Å². The minimum atomic E-state index is -0.194. The van der Waals surface area contributed by atoms with Gasteiger partial charge in [-0.2, -0.15) is 0 Å². The molecule has 1 heterocycles. The van der Waals surface area contributed by atoms with Gasteiger partial charge in [-0.1, -0.05) is 6.07 Å². The summed E-state index contributed by atoms with van der Waals surface area (Å²) in [5.41, 5.74) is 1.07. The Kier molecular flexibility index (Phi) is 8.08. The number of nitrogens with zero attached hydrogens (tertiary/aromatic N) is 1. The van der Waals surface area contributed by atoms with Gasteiger partial charge >= 0.3 is 0 Å². The largest absolute Gasteiger partial charge is 0.494 e. The van der Waals surface area contributed by atoms with Crippen LogP contribution in [0.3, 0.4) is 0 Å². The highest BCUT2D eigenvalue weighted by Crippen LogP contribution is 2.18. The maximum absolute atomic E-state index is 12.6. The van der Waals surface area contributed by atoms with Crippen molar-refractivity contribution in [1.82, 2.24) is 10.2 Å². The van der Waals surface area contributed by atoms with E-state index in [1.165, 1.54) is 6.92 Å². The third-order valence-electron chi connectivity index (χ3n) is 5.13. The van der Waals surface area contributed by atoms with Crippen LogP contribution in [-0.2, 0) is 9.59 Å². The number of amides is 3. The molecule has 1 aliphatic rings. The Balaban J connectivity index is 1.42. The Morgan fingerprint density at radius 2 is 1.66 bits per heavy atom. The first kappa shape index (κ1) is 23.1. The van der Waals surface area contributed by atoms with Crippen LogP contribution < -0.4 is 20.1 Å². The van der Waals surface area contributed by atoms with E-state index >= 15 is 0 Å². The third-order valence-corrected chi connectivity index (χ3v) is 5.13. The second kappa shape index (κ2) is 11.2. The Morgan fingerprint density at radius 1 is 1.00 bits per heavy atom. The van der Waals surface area contributed by atoms with Crippen LogP contribution in [0.4, 0.5) is 5.69 Å². The zero-order chi connectivity index (χ0) is 22.9. The van der Waals surface area contributed by atoms with E-state index in [1.54, 1.807) is 41.3 Å². The number of ether oxygens (including phenoxy) is 2. The summed E-state index contributed by atoms with van der Waals surface area (Å²) in [6, 6.07) is 14.0. The molecule has 0 saturated carbocycles. The number of piperidine rings is 1. The van der Waals surface area contributed by atoms with Crippen LogP contribution in [0.15, 0.2) is 48.5 Å². The van der Waals surface area contributed by atoms with Gasteiger partial charge in [0.25, 0.3) is 11.8 Å². The molecule has 0 spiro atoms. The van der Waals surface area contributed by atoms with E-state index in [-0.39, 0.29) is 30.4 Å². The Morgan fingerprint density at radius 3 is 2.28 bits per heavy atom. The standard InChI is InChI=1S/C24H29N3O5/c1-3-31-21-7-9-22(10-8-21)32-16-23(29)27-13-11-19(12-14-27)26-24(30)18-5-4-6-20(15-18)25-17(2)28/h4-10,15,19H,3,11-14,16H2,1-2H3,(H,25,28)(H,26,30). The molecular weight excluding hydrogens is 410 g/mol. The van der Waals surface area contributed by atoms with Crippen molar-refractivity contribution in [3.63, 3.8) is 0 Å². The van der Waals surface area contributed by atoms with Gasteiger partial charge in [-0.15, -0.1) is 0 Å². The minimum absolute atomic E-state index is 0.0111. The minimum Gasteiger partial charge on any atom is -0.494 e. The summed E-state index contributed by atoms with van der Waals surface area (Å²) in [5.74, 6) is 0.918. The fourth-order valence-corrected chi connectivity index (χ4v) is 3.52. The number of rotatable bonds is 8. The van der Waals surface area contributed by atoms with Crippen molar-refractivity contribution in [2.24, 2.45) is 0 Å². The van der Waals surface area contributed by atoms with Crippen LogP contribution in [0.1, 0.15) is 37.0 Å². The Bertz CT molecular complexity index is 937. The fraction of sp³-hybridized carbons (Fsp3) is 0.375. The molecule has 2 N–H and O–H groups in total. The summed E-state index contributed by atoms with van der Waals surface area (Å²) in [7, 11) is 0. The molecule has 8 heteroatoms. The third kappa shape index (κ3) is 6.73. The summed E-state index contributed by atoms with van der Waals surface area (Å²) in [6.45, 7) is 5.03. The van der Waals surface area contributed by atoms with E-state index in [4.69, 9.17) is 9.47 Å². The maximum Gasteiger partial charge on any atom is 0.260 e. The lowest BCUT2D eigenvalue weighted by atomic mass is 10.0. The van der Waals surface area contributed by atoms with Crippen LogP contribution in [0.5, 0.6) is 11.5 Å². The number of carbonyl (C=O) groups excluding carboxylic acids is 3. The second-order valence-corrected chi connectivity index (χ2v) is 7.58. The van der Waals surface area contributed by atoms with E-state index in [0.717, 1.165) is 5.75 Å². The molecular formula is C24H29N3O5. The summed E-state index contributed by atoms with van der Waals surface area (Å²) >= 11 is 0. The summed E-state index contributed by atoms with van der Waals surface area (Å²) in [5, 5.41) is 5.69. The molecule has 32 heavy (non-hydrogen) atoms. The maximum atomic E-state index is 12.6. The van der Waals surface area contributed by atoms with Gasteiger partial charge in [-0.25, -0.2) is 0 Å². The lowest BCUT2D eigenvalue weighted by Gasteiger charge is -2.32. The normalized spacial score (nSPS) is 13.9. The van der Waals surface area contributed by atoms with Crippen LogP contribution in [-0.4, -0.2) is 55.0 Å². The average Bonchev–Trinajstić information content (AvgIpc) is 2.79. The van der Waals surface area contributed by atoms with Crippen LogP contribution >= 0.6 is 0 Å². The molecule has 3 amide bonds. The molecule has 170 valence electrons. The van der Waals surface area contributed by atoms with Crippen molar-refractivity contribution in [2.45, 2.75) is 32.7 Å². The highest BCUT2D eigenvalue weighted by atomic mass is 16.5. The summed E-state index contributed by atoms with van der Waals surface area (Å²) in [4.78, 5) is 38.0. The van der Waals surface area contributed by atoms with Gasteiger partial charge in [0.2, 0.25) is 5.91 Å². The zero-order valence-corrected chi connectivity index (χ0v) is 18.4. The number of benzene rings is 2. The number of carbonyl (C=O) groups is 3. The van der Waals surface area contributed by atoms with Crippen molar-refractivity contribution >= 4 is 23.4 Å². The zero-order valence-electron chi connectivity index (χ0n) is 18.4. The first-order valence-electron chi connectivity index (χ1n) is 10.8. The van der Waals surface area contributed by atoms with Gasteiger partial charge < -0.3 is 25.0 Å². The number of nitrogens with one attached hydrogen (secondary N) is 2. The SMILES string of the molecule is CCOc1ccc(OCC(=O)N2CCC(NC(=O)c3cccc(NC(C)=O)c3)CC2)cc1. The molecule has 1 saturated heterocycles. The number of hydrogen-bond acceptors (Lipinski definition) is 5. The molecule has 2 aromatic rings. The quantitative estimate of drug-likeness (QED) is 0.659. The van der Waals surface area contributed by atoms with Crippen molar-refractivity contribution in [2.75, 3.05) is 31.6 Å². The molecule has 0 aromatic heterocycles. The molecule has 8 nitrogen and oxygen atoms in total. The average molecular weight is 440 g/mol. The van der Waals surface area contributed by atoms with E-state index < -0.39 is 0 Å². The van der Waals surface area contributed by atoms with Crippen LogP contribution in [0.25, 0.3) is 0 Å². The monoisotopic (exact) mass is 439 g/mol. The molecule has 0 aliphatic carbocycles. The Hall–Kier alpha value is -3.55. The van der Waals surface area contributed by atoms with E-state index in [0.29, 0.717) is 49.5 Å². The van der Waals surface area contributed by atoms with Gasteiger partial charge in [0, 0.05) is 37.3 Å². The number of anilines is 1. The van der Waals surface area contributed by atoms with E-state index in [9.17, 15) is 14.4 Å². The van der Waals surface area contributed by atoms with Crippen LogP contribution in [0.2, 0.25) is 0 Å². The molecule has 1 aliphatic heterocycles. The molecule has 0 bridgehead atoms. The van der Waals surface area contributed by atoms with E-state index in [1.807, 2.05) is 19.1 Å². The first-order valence-corrected chi connectivity index (χ1v) is 10.8. The molecule has 0 unspecified atom stereocenters. The van der Waals surface area contributed by atoms with Crippen molar-refractivity contribution in [1.29, 1.82) is 0 Å². The summed E-state index contributed by atoms with van der Waals surface area (Å²) < 4.78 is 11.0. The molecule has 0 radical (unpaired) electrons. The first-order chi connectivity index (χ1) is 15.4. The van der Waals surface area contributed by atoms with Crippen LogP contribution in [0, 0.1) is 0 Å². The van der Waals surface area contributed by atoms with Gasteiger partial charge in [0.1, 0.15) is 11.5 Å². The fourth-order valence-electron chi connectivity index (χ4n) is 3.52. The highest BCUT2D eigenvalue weighted by Gasteiger charge is 2.24. The van der Waals surface area contributed by atoms with Crippen molar-refractivity contribution < 1.29 is 23.9 Å². The number of hydrogen-bond donors (Lipinski definition) is 2. The van der Waals surface area contributed by atoms with Gasteiger partial charge in [0.05, 0.1) is 6.61 Å². The molecule has 3 rings (SSSR count). The number of likely N-dealkylation sites (tertiary alicyclic amines) is 1. The summed E-state index contributed by atoms with van der Waals surface area (Å²) in [6.07, 6.45) is 1.35. The molecule has 1 fully saturated rings. The van der Waals surface area contributed by atoms with Gasteiger partial charge in [-0.05, 0) is 62.2 Å². The predicted octanol–water partition coefficient (Wildman–Crippen LogP) is 2.84. The smallest absolute Gasteiger partial charge is 0.260 e. The lowest BCUT2D eigenvalue weighted by molar-refractivity contribution is -0.134. The topological polar surface area (TPSA) is 97.0 Å². The highest BCUT2D eigenvalue weighted by molar-refractivity contribution is 5.97. The van der Waals surface area contributed by atoms with Crippen molar-refractivity contribution in [3.05, 3.63) is 54.1 Å². The molecule has 0 atom stereocenters. The Labute approximate surface area is 187 Å². The lowest BCUT2D eigenvalue weighted by Crippen LogP contribution is -2.47. The van der Waals surface area contributed by atoms with Crippen molar-refractivity contribution in [3.8, 4) is 11.5 Å². The second-order valence-electron chi connectivity index (χ2n) is 7.58.